The zero-order chi connectivity index (χ0) is 23.8. The predicted molar refractivity (Wildman–Crippen MR) is 118 cm³/mol. The molecule has 3 aromatic rings. The molecule has 1 fully saturated rings. The second-order valence-electron chi connectivity index (χ2n) is 7.84. The summed E-state index contributed by atoms with van der Waals surface area (Å²) in [6.07, 6.45) is 0.765. The number of carbonyl (C=O) groups is 1. The van der Waals surface area contributed by atoms with Gasteiger partial charge in [-0.1, -0.05) is 25.1 Å². The van der Waals surface area contributed by atoms with Crippen molar-refractivity contribution in [2.24, 2.45) is 0 Å². The van der Waals surface area contributed by atoms with Crippen molar-refractivity contribution in [1.29, 1.82) is 0 Å². The van der Waals surface area contributed by atoms with Crippen molar-refractivity contribution in [3.8, 4) is 0 Å². The van der Waals surface area contributed by atoms with E-state index in [1.807, 2.05) is 19.1 Å². The molecule has 0 spiro atoms. The van der Waals surface area contributed by atoms with Crippen LogP contribution in [0.2, 0.25) is 0 Å². The second kappa shape index (κ2) is 9.06. The summed E-state index contributed by atoms with van der Waals surface area (Å²) in [5.41, 5.74) is 1.13. The van der Waals surface area contributed by atoms with Gasteiger partial charge in [-0.3, -0.25) is 13.9 Å². The fourth-order valence-electron chi connectivity index (χ4n) is 4.14. The lowest BCUT2D eigenvalue weighted by Crippen LogP contribution is -2.51. The van der Waals surface area contributed by atoms with E-state index in [0.29, 0.717) is 12.1 Å². The van der Waals surface area contributed by atoms with Crippen molar-refractivity contribution < 1.29 is 22.0 Å². The van der Waals surface area contributed by atoms with E-state index in [0.717, 1.165) is 34.4 Å². The van der Waals surface area contributed by atoms with Gasteiger partial charge in [-0.2, -0.15) is 4.31 Å². The first kappa shape index (κ1) is 23.1. The Morgan fingerprint density at radius 1 is 0.909 bits per heavy atom. The summed E-state index contributed by atoms with van der Waals surface area (Å²) in [5.74, 6) is -2.64. The van der Waals surface area contributed by atoms with Gasteiger partial charge in [0.05, 0.1) is 11.0 Å². The number of benzene rings is 2. The lowest BCUT2D eigenvalue weighted by atomic mass is 10.3. The highest BCUT2D eigenvalue weighted by Gasteiger charge is 2.34. The third-order valence-corrected chi connectivity index (χ3v) is 7.72. The molecular weight excluding hydrogens is 454 g/mol. The zero-order valence-corrected chi connectivity index (χ0v) is 18.9. The molecule has 1 aliphatic heterocycles. The summed E-state index contributed by atoms with van der Waals surface area (Å²) in [4.78, 5) is 26.3. The van der Waals surface area contributed by atoms with Crippen LogP contribution in [0, 0.1) is 11.6 Å². The van der Waals surface area contributed by atoms with E-state index >= 15 is 0 Å². The zero-order valence-electron chi connectivity index (χ0n) is 18.1. The Hall–Kier alpha value is -3.05. The highest BCUT2D eigenvalue weighted by atomic mass is 32.2. The number of amides is 1. The van der Waals surface area contributed by atoms with Crippen LogP contribution in [0.5, 0.6) is 0 Å². The number of halogens is 2. The molecule has 4 rings (SSSR count). The number of aromatic nitrogens is 2. The summed E-state index contributed by atoms with van der Waals surface area (Å²) in [7, 11) is -4.38. The van der Waals surface area contributed by atoms with Crippen LogP contribution < -0.4 is 5.69 Å². The van der Waals surface area contributed by atoms with Crippen LogP contribution >= 0.6 is 0 Å². The van der Waals surface area contributed by atoms with Crippen molar-refractivity contribution in [3.63, 3.8) is 0 Å². The van der Waals surface area contributed by atoms with Gasteiger partial charge in [0.15, 0.2) is 4.90 Å². The van der Waals surface area contributed by atoms with E-state index in [-0.39, 0.29) is 44.3 Å². The monoisotopic (exact) mass is 478 g/mol. The van der Waals surface area contributed by atoms with Gasteiger partial charge in [0.25, 0.3) is 0 Å². The molecule has 11 heteroatoms. The first-order chi connectivity index (χ1) is 15.8. The molecule has 2 heterocycles. The number of para-hydroxylation sites is 2. The van der Waals surface area contributed by atoms with Crippen molar-refractivity contribution in [1.82, 2.24) is 18.3 Å². The van der Waals surface area contributed by atoms with Gasteiger partial charge < -0.3 is 4.90 Å². The van der Waals surface area contributed by atoms with E-state index in [2.05, 4.69) is 0 Å². The molecular formula is C22H24F2N4O4S. The maximum atomic E-state index is 14.0. The summed E-state index contributed by atoms with van der Waals surface area (Å²) in [5, 5.41) is 0. The van der Waals surface area contributed by atoms with Crippen LogP contribution in [0.25, 0.3) is 11.0 Å². The largest absolute Gasteiger partial charge is 0.338 e. The first-order valence-corrected chi connectivity index (χ1v) is 12.1. The molecule has 8 nitrogen and oxygen atoms in total. The molecule has 0 atom stereocenters. The van der Waals surface area contributed by atoms with Crippen LogP contribution in [0.15, 0.2) is 52.2 Å². The molecule has 0 aliphatic carbocycles. The molecule has 2 aromatic carbocycles. The van der Waals surface area contributed by atoms with Gasteiger partial charge >= 0.3 is 5.69 Å². The number of piperazine rings is 1. The molecule has 0 saturated carbocycles. The molecule has 0 N–H and O–H groups in total. The van der Waals surface area contributed by atoms with Gasteiger partial charge in [0.1, 0.15) is 18.2 Å². The quantitative estimate of drug-likeness (QED) is 0.543. The van der Waals surface area contributed by atoms with Gasteiger partial charge in [-0.05, 0) is 30.7 Å². The summed E-state index contributed by atoms with van der Waals surface area (Å²) < 4.78 is 57.6. The number of fused-ring (bicyclic) bond motifs is 1. The van der Waals surface area contributed by atoms with Crippen molar-refractivity contribution in [3.05, 3.63) is 64.6 Å². The third kappa shape index (κ3) is 4.18. The van der Waals surface area contributed by atoms with Gasteiger partial charge in [-0.25, -0.2) is 22.0 Å². The Balaban J connectivity index is 1.50. The standard InChI is InChI=1S/C22H24F2N4O4S/c1-2-10-27-18-8-3-4-9-19(18)28(22(27)30)15-20(29)25-11-13-26(14-12-25)33(31,32)21-16(23)6-5-7-17(21)24/h3-9H,2,10-15H2,1H3. The minimum absolute atomic E-state index is 0.0521. The molecule has 33 heavy (non-hydrogen) atoms. The Labute approximate surface area is 189 Å². The Morgan fingerprint density at radius 2 is 1.48 bits per heavy atom. The average Bonchev–Trinajstić information content (AvgIpc) is 3.05. The number of hydrogen-bond acceptors (Lipinski definition) is 4. The first-order valence-electron chi connectivity index (χ1n) is 10.7. The third-order valence-electron chi connectivity index (χ3n) is 5.77. The molecule has 0 unspecified atom stereocenters. The predicted octanol–water partition coefficient (Wildman–Crippen LogP) is 2.02. The fraction of sp³-hybridized carbons (Fsp3) is 0.364. The Bertz CT molecular complexity index is 1340. The maximum absolute atomic E-state index is 14.0. The number of rotatable bonds is 6. The lowest BCUT2D eigenvalue weighted by Gasteiger charge is -2.34. The molecule has 1 aromatic heterocycles. The highest BCUT2D eigenvalue weighted by Crippen LogP contribution is 2.23. The van der Waals surface area contributed by atoms with Gasteiger partial charge in [0.2, 0.25) is 15.9 Å². The van der Waals surface area contributed by atoms with Crippen LogP contribution in [0.3, 0.4) is 0 Å². The van der Waals surface area contributed by atoms with E-state index < -0.39 is 26.6 Å². The minimum atomic E-state index is -4.38. The van der Waals surface area contributed by atoms with Gasteiger partial charge in [0, 0.05) is 32.7 Å². The number of imidazole rings is 1. The number of nitrogens with zero attached hydrogens (tertiary/aromatic N) is 4. The lowest BCUT2D eigenvalue weighted by molar-refractivity contribution is -0.133. The Morgan fingerprint density at radius 3 is 2.06 bits per heavy atom. The van der Waals surface area contributed by atoms with Crippen LogP contribution in [-0.4, -0.2) is 58.8 Å². The molecule has 1 amide bonds. The van der Waals surface area contributed by atoms with Crippen LogP contribution in [0.4, 0.5) is 8.78 Å². The average molecular weight is 479 g/mol. The SMILES string of the molecule is CCCn1c(=O)n(CC(=O)N2CCN(S(=O)(=O)c3c(F)cccc3F)CC2)c2ccccc21. The topological polar surface area (TPSA) is 84.6 Å². The molecule has 1 saturated heterocycles. The molecule has 1 aliphatic rings. The highest BCUT2D eigenvalue weighted by molar-refractivity contribution is 7.89. The summed E-state index contributed by atoms with van der Waals surface area (Å²) >= 11 is 0. The molecule has 0 bridgehead atoms. The van der Waals surface area contributed by atoms with Crippen LogP contribution in [0.1, 0.15) is 13.3 Å². The van der Waals surface area contributed by atoms with Crippen LogP contribution in [-0.2, 0) is 27.9 Å². The van der Waals surface area contributed by atoms with E-state index in [1.165, 1.54) is 9.47 Å². The summed E-state index contributed by atoms with van der Waals surface area (Å²) in [6.45, 7) is 2.22. The van der Waals surface area contributed by atoms with Crippen molar-refractivity contribution >= 4 is 27.0 Å². The minimum Gasteiger partial charge on any atom is -0.338 e. The molecule has 0 radical (unpaired) electrons. The van der Waals surface area contributed by atoms with E-state index in [9.17, 15) is 26.8 Å². The van der Waals surface area contributed by atoms with Crippen molar-refractivity contribution in [2.75, 3.05) is 26.2 Å². The number of carbonyl (C=O) groups excluding carboxylic acids is 1. The Kier molecular flexibility index (Phi) is 6.35. The number of aryl methyl sites for hydroxylation is 1. The van der Waals surface area contributed by atoms with Crippen molar-refractivity contribution in [2.45, 2.75) is 31.3 Å². The summed E-state index contributed by atoms with van der Waals surface area (Å²) in [6, 6.07) is 10.1. The van der Waals surface area contributed by atoms with Gasteiger partial charge in [-0.15, -0.1) is 0 Å². The second-order valence-corrected chi connectivity index (χ2v) is 9.72. The normalized spacial score (nSPS) is 15.3. The number of sulfonamides is 1. The van der Waals surface area contributed by atoms with E-state index in [4.69, 9.17) is 0 Å². The maximum Gasteiger partial charge on any atom is 0.329 e. The number of hydrogen-bond donors (Lipinski definition) is 0. The smallest absolute Gasteiger partial charge is 0.329 e. The fourth-order valence-corrected chi connectivity index (χ4v) is 5.67. The van der Waals surface area contributed by atoms with E-state index in [1.54, 1.807) is 16.7 Å². The molecule has 176 valence electrons.